The van der Waals surface area contributed by atoms with Gasteiger partial charge in [0.25, 0.3) is 0 Å². The molecule has 1 unspecified atom stereocenters. The van der Waals surface area contributed by atoms with Crippen molar-refractivity contribution in [2.75, 3.05) is 0 Å². The van der Waals surface area contributed by atoms with E-state index in [1.54, 1.807) is 11.3 Å². The van der Waals surface area contributed by atoms with Crippen LogP contribution in [0.1, 0.15) is 54.2 Å². The first-order chi connectivity index (χ1) is 9.76. The topological polar surface area (TPSA) is 68.8 Å². The summed E-state index contributed by atoms with van der Waals surface area (Å²) in [6.07, 6.45) is 8.04. The Morgan fingerprint density at radius 3 is 2.95 bits per heavy atom. The van der Waals surface area contributed by atoms with Crippen molar-refractivity contribution in [2.24, 2.45) is 5.84 Å². The molecule has 1 saturated carbocycles. The molecule has 0 bridgehead atoms. The Morgan fingerprint density at radius 2 is 2.30 bits per heavy atom. The molecule has 20 heavy (non-hydrogen) atoms. The standard InChI is InChI=1S/C14H21N5S/c1-10-16-14(9-20-10)13(17-15)8-11-6-7-19(18-11)12-4-2-3-5-12/h6-7,9,12-13,17H,2-5,8,15H2,1H3. The van der Waals surface area contributed by atoms with Crippen LogP contribution in [0.15, 0.2) is 17.6 Å². The van der Waals surface area contributed by atoms with Crippen molar-refractivity contribution in [1.29, 1.82) is 0 Å². The highest BCUT2D eigenvalue weighted by Crippen LogP contribution is 2.29. The highest BCUT2D eigenvalue weighted by Gasteiger charge is 2.19. The number of rotatable bonds is 5. The lowest BCUT2D eigenvalue weighted by molar-refractivity contribution is 0.456. The molecular formula is C14H21N5S. The molecule has 2 aromatic heterocycles. The van der Waals surface area contributed by atoms with Crippen LogP contribution in [-0.4, -0.2) is 14.8 Å². The molecule has 0 amide bonds. The number of nitrogens with one attached hydrogen (secondary N) is 1. The summed E-state index contributed by atoms with van der Waals surface area (Å²) in [5.74, 6) is 5.67. The Morgan fingerprint density at radius 1 is 1.50 bits per heavy atom. The van der Waals surface area contributed by atoms with Crippen LogP contribution in [0.3, 0.4) is 0 Å². The molecule has 1 aliphatic rings. The maximum atomic E-state index is 5.67. The third-order valence-electron chi connectivity index (χ3n) is 3.97. The molecule has 1 aliphatic carbocycles. The van der Waals surface area contributed by atoms with Crippen molar-refractivity contribution < 1.29 is 0 Å². The number of hydrogen-bond donors (Lipinski definition) is 2. The number of hydrazine groups is 1. The van der Waals surface area contributed by atoms with E-state index >= 15 is 0 Å². The minimum Gasteiger partial charge on any atom is -0.271 e. The summed E-state index contributed by atoms with van der Waals surface area (Å²) < 4.78 is 2.13. The van der Waals surface area contributed by atoms with E-state index in [1.807, 2.05) is 6.92 Å². The second kappa shape index (κ2) is 6.03. The van der Waals surface area contributed by atoms with Crippen molar-refractivity contribution in [3.63, 3.8) is 0 Å². The number of aromatic nitrogens is 3. The molecule has 3 N–H and O–H groups in total. The van der Waals surface area contributed by atoms with Gasteiger partial charge in [0, 0.05) is 18.0 Å². The number of hydrogen-bond acceptors (Lipinski definition) is 5. The van der Waals surface area contributed by atoms with Crippen molar-refractivity contribution >= 4 is 11.3 Å². The van der Waals surface area contributed by atoms with Crippen molar-refractivity contribution in [1.82, 2.24) is 20.2 Å². The number of thiazole rings is 1. The average molecular weight is 291 g/mol. The molecule has 0 saturated heterocycles. The van der Waals surface area contributed by atoms with Crippen LogP contribution in [-0.2, 0) is 6.42 Å². The van der Waals surface area contributed by atoms with Gasteiger partial charge in [-0.2, -0.15) is 5.10 Å². The SMILES string of the molecule is Cc1nc(C(Cc2ccn(C3CCCC3)n2)NN)cs1. The smallest absolute Gasteiger partial charge is 0.0898 e. The third-order valence-corrected chi connectivity index (χ3v) is 4.76. The summed E-state index contributed by atoms with van der Waals surface area (Å²) in [7, 11) is 0. The molecule has 0 spiro atoms. The first-order valence-electron chi connectivity index (χ1n) is 7.18. The molecule has 0 aliphatic heterocycles. The first kappa shape index (κ1) is 13.7. The maximum absolute atomic E-state index is 5.67. The van der Waals surface area contributed by atoms with Gasteiger partial charge in [-0.3, -0.25) is 16.0 Å². The highest BCUT2D eigenvalue weighted by atomic mass is 32.1. The molecule has 0 radical (unpaired) electrons. The number of nitrogens with two attached hydrogens (primary N) is 1. The fraction of sp³-hybridized carbons (Fsp3) is 0.571. The molecule has 3 rings (SSSR count). The third kappa shape index (κ3) is 2.92. The van der Waals surface area contributed by atoms with Crippen molar-refractivity contribution in [3.05, 3.63) is 34.0 Å². The van der Waals surface area contributed by atoms with Crippen molar-refractivity contribution in [3.8, 4) is 0 Å². The van der Waals surface area contributed by atoms with E-state index in [4.69, 9.17) is 10.9 Å². The predicted molar refractivity (Wildman–Crippen MR) is 80.4 cm³/mol. The maximum Gasteiger partial charge on any atom is 0.0898 e. The molecule has 1 atom stereocenters. The molecular weight excluding hydrogens is 270 g/mol. The average Bonchev–Trinajstić information content (AvgIpc) is 3.16. The molecule has 6 heteroatoms. The summed E-state index contributed by atoms with van der Waals surface area (Å²) in [5, 5.41) is 7.84. The van der Waals surface area contributed by atoms with Crippen molar-refractivity contribution in [2.45, 2.75) is 51.1 Å². The molecule has 2 heterocycles. The Labute approximate surface area is 123 Å². The van der Waals surface area contributed by atoms with Gasteiger partial charge in [0.2, 0.25) is 0 Å². The van der Waals surface area contributed by atoms with Crippen LogP contribution in [0.4, 0.5) is 0 Å². The van der Waals surface area contributed by atoms with Gasteiger partial charge in [-0.1, -0.05) is 12.8 Å². The van der Waals surface area contributed by atoms with Crippen LogP contribution in [0, 0.1) is 6.92 Å². The lowest BCUT2D eigenvalue weighted by Gasteiger charge is -2.12. The Bertz CT molecular complexity index is 555. The molecule has 5 nitrogen and oxygen atoms in total. The quantitative estimate of drug-likeness (QED) is 0.656. The normalized spacial score (nSPS) is 17.7. The van der Waals surface area contributed by atoms with Gasteiger partial charge in [0.15, 0.2) is 0 Å². The van der Waals surface area contributed by atoms with Crippen LogP contribution < -0.4 is 11.3 Å². The second-order valence-electron chi connectivity index (χ2n) is 5.44. The van der Waals surface area contributed by atoms with Gasteiger partial charge in [-0.15, -0.1) is 11.3 Å². The molecule has 0 aromatic carbocycles. The lowest BCUT2D eigenvalue weighted by atomic mass is 10.1. The van der Waals surface area contributed by atoms with E-state index in [0.717, 1.165) is 22.8 Å². The van der Waals surface area contributed by atoms with E-state index in [9.17, 15) is 0 Å². The number of aryl methyl sites for hydroxylation is 1. The predicted octanol–water partition coefficient (Wildman–Crippen LogP) is 2.51. The van der Waals surface area contributed by atoms with E-state index in [-0.39, 0.29) is 6.04 Å². The minimum atomic E-state index is 0.0341. The van der Waals surface area contributed by atoms with Gasteiger partial charge in [0.1, 0.15) is 0 Å². The monoisotopic (exact) mass is 291 g/mol. The summed E-state index contributed by atoms with van der Waals surface area (Å²) in [6.45, 7) is 2.01. The van der Waals surface area contributed by atoms with E-state index in [2.05, 4.69) is 32.7 Å². The van der Waals surface area contributed by atoms with E-state index in [0.29, 0.717) is 6.04 Å². The van der Waals surface area contributed by atoms with Crippen LogP contribution in [0.5, 0.6) is 0 Å². The van der Waals surface area contributed by atoms with Crippen LogP contribution in [0.25, 0.3) is 0 Å². The Hall–Kier alpha value is -1.24. The fourth-order valence-corrected chi connectivity index (χ4v) is 3.52. The largest absolute Gasteiger partial charge is 0.271 e. The summed E-state index contributed by atoms with van der Waals surface area (Å²) >= 11 is 1.65. The van der Waals surface area contributed by atoms with Gasteiger partial charge in [-0.05, 0) is 25.8 Å². The summed E-state index contributed by atoms with van der Waals surface area (Å²) in [5.41, 5.74) is 4.93. The summed E-state index contributed by atoms with van der Waals surface area (Å²) in [6, 6.07) is 2.73. The van der Waals surface area contributed by atoms with Gasteiger partial charge in [-0.25, -0.2) is 4.98 Å². The van der Waals surface area contributed by atoms with Gasteiger partial charge in [0.05, 0.1) is 28.5 Å². The molecule has 1 fully saturated rings. The Kier molecular flexibility index (Phi) is 4.14. The van der Waals surface area contributed by atoms with Gasteiger partial charge < -0.3 is 0 Å². The van der Waals surface area contributed by atoms with Crippen LogP contribution >= 0.6 is 11.3 Å². The number of nitrogens with zero attached hydrogens (tertiary/aromatic N) is 3. The second-order valence-corrected chi connectivity index (χ2v) is 6.50. The zero-order valence-corrected chi connectivity index (χ0v) is 12.6. The fourth-order valence-electron chi connectivity index (χ4n) is 2.86. The Balaban J connectivity index is 1.69. The summed E-state index contributed by atoms with van der Waals surface area (Å²) in [4.78, 5) is 4.50. The van der Waals surface area contributed by atoms with Crippen LogP contribution in [0.2, 0.25) is 0 Å². The zero-order chi connectivity index (χ0) is 13.9. The zero-order valence-electron chi connectivity index (χ0n) is 11.7. The molecule has 108 valence electrons. The molecule has 2 aromatic rings. The van der Waals surface area contributed by atoms with E-state index < -0.39 is 0 Å². The van der Waals surface area contributed by atoms with Gasteiger partial charge >= 0.3 is 0 Å². The first-order valence-corrected chi connectivity index (χ1v) is 8.06. The van der Waals surface area contributed by atoms with E-state index in [1.165, 1.54) is 25.7 Å². The minimum absolute atomic E-state index is 0.0341. The highest BCUT2D eigenvalue weighted by molar-refractivity contribution is 7.09. The lowest BCUT2D eigenvalue weighted by Crippen LogP contribution is -2.30.